The molecule has 0 fully saturated rings. The third-order valence-corrected chi connectivity index (χ3v) is 1.35. The van der Waals surface area contributed by atoms with E-state index in [1.807, 2.05) is 0 Å². The predicted molar refractivity (Wildman–Crippen MR) is 43.8 cm³/mol. The molecule has 0 aliphatic rings. The van der Waals surface area contributed by atoms with Crippen molar-refractivity contribution in [2.45, 2.75) is 26.2 Å². The molecule has 0 aliphatic carbocycles. The minimum absolute atomic E-state index is 0.221. The molecule has 0 spiro atoms. The van der Waals surface area contributed by atoms with Crippen molar-refractivity contribution in [3.63, 3.8) is 0 Å². The Hall–Kier alpha value is -0.830. The number of amides is 1. The number of hydrogen-bond acceptors (Lipinski definition) is 2. The molecule has 0 bridgehead atoms. The van der Waals surface area contributed by atoms with Crippen molar-refractivity contribution in [3.8, 4) is 0 Å². The molecule has 0 saturated carbocycles. The third-order valence-electron chi connectivity index (χ3n) is 1.35. The summed E-state index contributed by atoms with van der Waals surface area (Å²) in [5, 5.41) is 0. The number of nitrogens with one attached hydrogen (secondary N) is 1. The summed E-state index contributed by atoms with van der Waals surface area (Å²) in [6.45, 7) is 5.69. The molecule has 0 radical (unpaired) electrons. The highest BCUT2D eigenvalue weighted by atomic mass is 16.6. The molecule has 0 aromatic heterocycles. The quantitative estimate of drug-likeness (QED) is 0.484. The fraction of sp³-hybridized carbons (Fsp3) is 0.625. The highest BCUT2D eigenvalue weighted by molar-refractivity contribution is 5.91. The summed E-state index contributed by atoms with van der Waals surface area (Å²) in [4.78, 5) is 15.4. The van der Waals surface area contributed by atoms with Crippen molar-refractivity contribution in [1.82, 2.24) is 5.48 Å². The van der Waals surface area contributed by atoms with E-state index < -0.39 is 0 Å². The molecule has 0 saturated heterocycles. The summed E-state index contributed by atoms with van der Waals surface area (Å²) in [6.07, 6.45) is 2.81. The molecule has 0 rings (SSSR count). The molecular weight excluding hydrogens is 142 g/mol. The summed E-state index contributed by atoms with van der Waals surface area (Å²) >= 11 is 0. The van der Waals surface area contributed by atoms with Gasteiger partial charge in [-0.3, -0.25) is 9.63 Å². The summed E-state index contributed by atoms with van der Waals surface area (Å²) in [6, 6.07) is 0. The van der Waals surface area contributed by atoms with E-state index in [0.29, 0.717) is 5.57 Å². The largest absolute Gasteiger partial charge is 0.277 e. The van der Waals surface area contributed by atoms with Crippen LogP contribution in [-0.4, -0.2) is 13.0 Å². The highest BCUT2D eigenvalue weighted by Gasteiger charge is 2.03. The van der Waals surface area contributed by atoms with Gasteiger partial charge in [0, 0.05) is 5.57 Å². The van der Waals surface area contributed by atoms with Crippen LogP contribution in [0.25, 0.3) is 0 Å². The van der Waals surface area contributed by atoms with Crippen molar-refractivity contribution in [2.75, 3.05) is 7.11 Å². The maximum Gasteiger partial charge on any atom is 0.270 e. The number of carbonyl (C=O) groups is 1. The van der Waals surface area contributed by atoms with Crippen LogP contribution in [0.1, 0.15) is 26.2 Å². The van der Waals surface area contributed by atoms with Gasteiger partial charge in [-0.25, -0.2) is 5.48 Å². The van der Waals surface area contributed by atoms with Crippen LogP contribution < -0.4 is 5.48 Å². The molecule has 0 aliphatic heterocycles. The minimum atomic E-state index is -0.221. The Morgan fingerprint density at radius 1 is 1.64 bits per heavy atom. The van der Waals surface area contributed by atoms with E-state index in [1.165, 1.54) is 7.11 Å². The Morgan fingerprint density at radius 2 is 2.27 bits per heavy atom. The van der Waals surface area contributed by atoms with Crippen LogP contribution in [0.15, 0.2) is 12.2 Å². The van der Waals surface area contributed by atoms with Gasteiger partial charge >= 0.3 is 0 Å². The van der Waals surface area contributed by atoms with Crippen LogP contribution in [-0.2, 0) is 9.63 Å². The molecule has 1 N–H and O–H groups in total. The maximum atomic E-state index is 10.9. The van der Waals surface area contributed by atoms with Crippen LogP contribution >= 0.6 is 0 Å². The lowest BCUT2D eigenvalue weighted by Gasteiger charge is -2.03. The number of unbranched alkanes of at least 4 members (excludes halogenated alkanes) is 1. The van der Waals surface area contributed by atoms with E-state index >= 15 is 0 Å². The second kappa shape index (κ2) is 5.92. The van der Waals surface area contributed by atoms with Gasteiger partial charge in [0.15, 0.2) is 0 Å². The standard InChI is InChI=1S/C8H15NO2/c1-4-5-6-7(2)8(10)9-11-3/h2,4-6H2,1,3H3,(H,9,10). The molecule has 64 valence electrons. The normalized spacial score (nSPS) is 9.27. The zero-order chi connectivity index (χ0) is 8.69. The van der Waals surface area contributed by atoms with Crippen molar-refractivity contribution in [1.29, 1.82) is 0 Å². The van der Waals surface area contributed by atoms with Gasteiger partial charge < -0.3 is 0 Å². The van der Waals surface area contributed by atoms with Crippen LogP contribution in [0.2, 0.25) is 0 Å². The van der Waals surface area contributed by atoms with Crippen LogP contribution in [0.4, 0.5) is 0 Å². The number of hydroxylamine groups is 1. The van der Waals surface area contributed by atoms with Crippen molar-refractivity contribution in [2.24, 2.45) is 0 Å². The van der Waals surface area contributed by atoms with Gasteiger partial charge in [0.2, 0.25) is 0 Å². The smallest absolute Gasteiger partial charge is 0.270 e. The van der Waals surface area contributed by atoms with E-state index in [-0.39, 0.29) is 5.91 Å². The zero-order valence-corrected chi connectivity index (χ0v) is 7.14. The molecule has 0 aromatic carbocycles. The molecule has 0 aromatic rings. The van der Waals surface area contributed by atoms with E-state index in [4.69, 9.17) is 0 Å². The second-order valence-electron chi connectivity index (χ2n) is 2.34. The monoisotopic (exact) mass is 157 g/mol. The average Bonchev–Trinajstić information content (AvgIpc) is 2.00. The summed E-state index contributed by atoms with van der Waals surface area (Å²) in [5.74, 6) is -0.221. The summed E-state index contributed by atoms with van der Waals surface area (Å²) in [7, 11) is 1.41. The van der Waals surface area contributed by atoms with Gasteiger partial charge in [-0.2, -0.15) is 0 Å². The first-order valence-electron chi connectivity index (χ1n) is 3.73. The van der Waals surface area contributed by atoms with Gasteiger partial charge in [0.05, 0.1) is 7.11 Å². The maximum absolute atomic E-state index is 10.9. The van der Waals surface area contributed by atoms with Crippen molar-refractivity contribution < 1.29 is 9.63 Å². The first-order valence-corrected chi connectivity index (χ1v) is 3.73. The van der Waals surface area contributed by atoms with E-state index in [2.05, 4.69) is 23.8 Å². The fourth-order valence-corrected chi connectivity index (χ4v) is 0.669. The first-order chi connectivity index (χ1) is 5.22. The zero-order valence-electron chi connectivity index (χ0n) is 7.14. The van der Waals surface area contributed by atoms with Gasteiger partial charge in [-0.15, -0.1) is 0 Å². The third kappa shape index (κ3) is 4.56. The van der Waals surface area contributed by atoms with E-state index in [0.717, 1.165) is 19.3 Å². The van der Waals surface area contributed by atoms with Crippen LogP contribution in [0.3, 0.4) is 0 Å². The van der Waals surface area contributed by atoms with Gasteiger partial charge in [0.1, 0.15) is 0 Å². The fourth-order valence-electron chi connectivity index (χ4n) is 0.669. The predicted octanol–water partition coefficient (Wildman–Crippen LogP) is 1.41. The first kappa shape index (κ1) is 10.2. The highest BCUT2D eigenvalue weighted by Crippen LogP contribution is 2.03. The number of rotatable bonds is 5. The van der Waals surface area contributed by atoms with Gasteiger partial charge in [0.25, 0.3) is 5.91 Å². The Morgan fingerprint density at radius 3 is 2.73 bits per heavy atom. The molecule has 11 heavy (non-hydrogen) atoms. The SMILES string of the molecule is C=C(CCCC)C(=O)NOC. The Kier molecular flexibility index (Phi) is 5.47. The minimum Gasteiger partial charge on any atom is -0.277 e. The van der Waals surface area contributed by atoms with Crippen molar-refractivity contribution >= 4 is 5.91 Å². The molecule has 3 nitrogen and oxygen atoms in total. The van der Waals surface area contributed by atoms with Gasteiger partial charge in [-0.1, -0.05) is 19.9 Å². The Bertz CT molecular complexity index is 143. The number of carbonyl (C=O) groups excluding carboxylic acids is 1. The lowest BCUT2D eigenvalue weighted by molar-refractivity contribution is -0.127. The lowest BCUT2D eigenvalue weighted by Crippen LogP contribution is -2.23. The van der Waals surface area contributed by atoms with Crippen molar-refractivity contribution in [3.05, 3.63) is 12.2 Å². The van der Waals surface area contributed by atoms with Gasteiger partial charge in [-0.05, 0) is 12.8 Å². The molecular formula is C8H15NO2. The summed E-state index contributed by atoms with van der Waals surface area (Å²) in [5.41, 5.74) is 2.79. The molecule has 0 heterocycles. The number of hydrogen-bond donors (Lipinski definition) is 1. The van der Waals surface area contributed by atoms with E-state index in [1.54, 1.807) is 0 Å². The summed E-state index contributed by atoms with van der Waals surface area (Å²) < 4.78 is 0. The lowest BCUT2D eigenvalue weighted by atomic mass is 10.1. The second-order valence-corrected chi connectivity index (χ2v) is 2.34. The Balaban J connectivity index is 3.56. The molecule has 3 heteroatoms. The Labute approximate surface area is 67.4 Å². The average molecular weight is 157 g/mol. The topological polar surface area (TPSA) is 38.3 Å². The van der Waals surface area contributed by atoms with E-state index in [9.17, 15) is 4.79 Å². The molecule has 0 atom stereocenters. The van der Waals surface area contributed by atoms with Crippen LogP contribution in [0.5, 0.6) is 0 Å². The molecule has 0 unspecified atom stereocenters. The van der Waals surface area contributed by atoms with Crippen LogP contribution in [0, 0.1) is 0 Å². The molecule has 1 amide bonds.